The number of carboxylic acid groups (broad SMARTS) is 1. The van der Waals surface area contributed by atoms with Gasteiger partial charge < -0.3 is 10.1 Å². The Bertz CT molecular complexity index is 552. The van der Waals surface area contributed by atoms with Gasteiger partial charge in [0.1, 0.15) is 5.56 Å². The van der Waals surface area contributed by atoms with Gasteiger partial charge in [-0.3, -0.25) is 4.72 Å². The van der Waals surface area contributed by atoms with Gasteiger partial charge in [0.05, 0.1) is 11.4 Å². The summed E-state index contributed by atoms with van der Waals surface area (Å²) in [7, 11) is -3.57. The second kappa shape index (κ2) is 4.64. The zero-order chi connectivity index (χ0) is 14.1. The second-order valence-electron chi connectivity index (χ2n) is 5.43. The van der Waals surface area contributed by atoms with Crippen LogP contribution in [0.2, 0.25) is 0 Å². The van der Waals surface area contributed by atoms with Gasteiger partial charge in [0.15, 0.2) is 0 Å². The number of H-pyrrole nitrogens is 1. The fraction of sp³-hybridized carbons (Fsp3) is 0.545. The molecule has 7 heteroatoms. The molecule has 1 rings (SSSR count). The monoisotopic (exact) mass is 274 g/mol. The molecule has 0 unspecified atom stereocenters. The van der Waals surface area contributed by atoms with Crippen LogP contribution in [0.3, 0.4) is 0 Å². The highest BCUT2D eigenvalue weighted by Gasteiger charge is 2.24. The summed E-state index contributed by atoms with van der Waals surface area (Å²) in [6.07, 6.45) is 1.35. The van der Waals surface area contributed by atoms with Crippen molar-refractivity contribution in [3.63, 3.8) is 0 Å². The number of rotatable bonds is 4. The molecule has 0 atom stereocenters. The van der Waals surface area contributed by atoms with E-state index in [0.29, 0.717) is 5.69 Å². The van der Waals surface area contributed by atoms with Crippen molar-refractivity contribution < 1.29 is 18.3 Å². The molecule has 1 aromatic rings. The number of carbonyl (C=O) groups is 1. The first-order chi connectivity index (χ1) is 8.02. The van der Waals surface area contributed by atoms with Crippen LogP contribution < -0.4 is 4.72 Å². The minimum absolute atomic E-state index is 0.0486. The molecule has 0 saturated carbocycles. The van der Waals surface area contributed by atoms with Gasteiger partial charge in [-0.25, -0.2) is 13.2 Å². The van der Waals surface area contributed by atoms with Gasteiger partial charge in [-0.2, -0.15) is 0 Å². The average Bonchev–Trinajstić information content (AvgIpc) is 2.40. The summed E-state index contributed by atoms with van der Waals surface area (Å²) in [6, 6.07) is 0. The van der Waals surface area contributed by atoms with Crippen molar-refractivity contribution in [3.8, 4) is 0 Å². The van der Waals surface area contributed by atoms with Crippen LogP contribution in [0.4, 0.5) is 5.69 Å². The van der Waals surface area contributed by atoms with E-state index >= 15 is 0 Å². The SMILES string of the molecule is Cc1[nH]cc(NS(=O)(=O)CC(C)(C)C)c1C(=O)O. The van der Waals surface area contributed by atoms with E-state index in [0.717, 1.165) is 0 Å². The zero-order valence-electron chi connectivity index (χ0n) is 10.9. The number of hydrogen-bond acceptors (Lipinski definition) is 3. The lowest BCUT2D eigenvalue weighted by atomic mass is 10.0. The molecule has 0 fully saturated rings. The molecule has 6 nitrogen and oxygen atoms in total. The van der Waals surface area contributed by atoms with E-state index in [1.54, 1.807) is 27.7 Å². The number of hydrogen-bond donors (Lipinski definition) is 3. The van der Waals surface area contributed by atoms with Crippen molar-refractivity contribution in [1.29, 1.82) is 0 Å². The Labute approximate surface area is 106 Å². The molecular formula is C11H18N2O4S. The Morgan fingerprint density at radius 2 is 2.00 bits per heavy atom. The molecule has 0 aliphatic rings. The van der Waals surface area contributed by atoms with Crippen molar-refractivity contribution in [2.75, 3.05) is 10.5 Å². The molecule has 0 spiro atoms. The van der Waals surface area contributed by atoms with E-state index in [1.807, 2.05) is 0 Å². The maximum Gasteiger partial charge on any atom is 0.339 e. The van der Waals surface area contributed by atoms with Gasteiger partial charge in [0, 0.05) is 11.9 Å². The van der Waals surface area contributed by atoms with Crippen LogP contribution in [-0.4, -0.2) is 30.2 Å². The summed E-state index contributed by atoms with van der Waals surface area (Å²) in [4.78, 5) is 13.7. The lowest BCUT2D eigenvalue weighted by Crippen LogP contribution is -2.26. The summed E-state index contributed by atoms with van der Waals surface area (Å²) in [5, 5.41) is 9.01. The fourth-order valence-electron chi connectivity index (χ4n) is 1.66. The summed E-state index contributed by atoms with van der Waals surface area (Å²) in [5.41, 5.74) is 0.0355. The number of aryl methyl sites for hydroxylation is 1. The highest BCUT2D eigenvalue weighted by molar-refractivity contribution is 7.92. The first-order valence-electron chi connectivity index (χ1n) is 5.43. The minimum Gasteiger partial charge on any atom is -0.478 e. The number of carboxylic acids is 1. The maximum absolute atomic E-state index is 11.9. The zero-order valence-corrected chi connectivity index (χ0v) is 11.7. The number of anilines is 1. The van der Waals surface area contributed by atoms with Gasteiger partial charge in [0.2, 0.25) is 10.0 Å². The largest absolute Gasteiger partial charge is 0.478 e. The lowest BCUT2D eigenvalue weighted by Gasteiger charge is -2.18. The van der Waals surface area contributed by atoms with Crippen LogP contribution in [0.15, 0.2) is 6.20 Å². The van der Waals surface area contributed by atoms with Crippen LogP contribution in [0.25, 0.3) is 0 Å². The summed E-state index contributed by atoms with van der Waals surface area (Å²) in [6.45, 7) is 6.97. The molecule has 3 N–H and O–H groups in total. The smallest absolute Gasteiger partial charge is 0.339 e. The number of aromatic nitrogens is 1. The number of nitrogens with one attached hydrogen (secondary N) is 2. The van der Waals surface area contributed by atoms with E-state index < -0.39 is 21.4 Å². The molecule has 0 amide bonds. The van der Waals surface area contributed by atoms with Gasteiger partial charge in [-0.1, -0.05) is 20.8 Å². The van der Waals surface area contributed by atoms with Crippen LogP contribution >= 0.6 is 0 Å². The summed E-state index contributed by atoms with van der Waals surface area (Å²) < 4.78 is 26.1. The Morgan fingerprint density at radius 3 is 2.44 bits per heavy atom. The van der Waals surface area contributed by atoms with Gasteiger partial charge in [-0.15, -0.1) is 0 Å². The van der Waals surface area contributed by atoms with Crippen LogP contribution in [-0.2, 0) is 10.0 Å². The van der Waals surface area contributed by atoms with E-state index in [1.165, 1.54) is 6.20 Å². The fourth-order valence-corrected chi connectivity index (χ4v) is 3.36. The molecule has 1 heterocycles. The highest BCUT2D eigenvalue weighted by Crippen LogP contribution is 2.23. The van der Waals surface area contributed by atoms with Crippen LogP contribution in [0.5, 0.6) is 0 Å². The van der Waals surface area contributed by atoms with Crippen molar-refractivity contribution >= 4 is 21.7 Å². The van der Waals surface area contributed by atoms with Crippen molar-refractivity contribution in [1.82, 2.24) is 4.98 Å². The van der Waals surface area contributed by atoms with E-state index in [4.69, 9.17) is 5.11 Å². The minimum atomic E-state index is -3.57. The first kappa shape index (κ1) is 14.6. The lowest BCUT2D eigenvalue weighted by molar-refractivity contribution is 0.0697. The molecule has 0 radical (unpaired) electrons. The number of sulfonamides is 1. The molecule has 1 aromatic heterocycles. The first-order valence-corrected chi connectivity index (χ1v) is 7.09. The number of aromatic amines is 1. The molecule has 0 bridgehead atoms. The Hall–Kier alpha value is -1.50. The summed E-state index contributed by atoms with van der Waals surface area (Å²) in [5.74, 6) is -1.24. The highest BCUT2D eigenvalue weighted by atomic mass is 32.2. The average molecular weight is 274 g/mol. The van der Waals surface area contributed by atoms with Crippen molar-refractivity contribution in [2.24, 2.45) is 5.41 Å². The quantitative estimate of drug-likeness (QED) is 0.779. The van der Waals surface area contributed by atoms with E-state index in [2.05, 4.69) is 9.71 Å². The summed E-state index contributed by atoms with van der Waals surface area (Å²) >= 11 is 0. The Balaban J connectivity index is 3.02. The maximum atomic E-state index is 11.9. The van der Waals surface area contributed by atoms with Gasteiger partial charge in [0.25, 0.3) is 0 Å². The molecule has 18 heavy (non-hydrogen) atoms. The Morgan fingerprint density at radius 1 is 1.44 bits per heavy atom. The Kier molecular flexibility index (Phi) is 3.75. The van der Waals surface area contributed by atoms with E-state index in [-0.39, 0.29) is 17.0 Å². The normalized spacial score (nSPS) is 12.4. The molecule has 0 aromatic carbocycles. The molecule has 102 valence electrons. The molecule has 0 saturated heterocycles. The number of aromatic carboxylic acids is 1. The third-order valence-electron chi connectivity index (χ3n) is 2.18. The third-order valence-corrected chi connectivity index (χ3v) is 3.96. The molecule has 0 aliphatic carbocycles. The predicted molar refractivity (Wildman–Crippen MR) is 69.4 cm³/mol. The third kappa shape index (κ3) is 3.76. The van der Waals surface area contributed by atoms with Crippen molar-refractivity contribution in [2.45, 2.75) is 27.7 Å². The van der Waals surface area contributed by atoms with Crippen LogP contribution in [0, 0.1) is 12.3 Å². The van der Waals surface area contributed by atoms with Crippen LogP contribution in [0.1, 0.15) is 36.8 Å². The second-order valence-corrected chi connectivity index (χ2v) is 7.15. The van der Waals surface area contributed by atoms with Gasteiger partial charge in [-0.05, 0) is 12.3 Å². The molecular weight excluding hydrogens is 256 g/mol. The van der Waals surface area contributed by atoms with E-state index in [9.17, 15) is 13.2 Å². The predicted octanol–water partition coefficient (Wildman–Crippen LogP) is 1.81. The topological polar surface area (TPSA) is 99.3 Å². The molecule has 0 aliphatic heterocycles. The van der Waals surface area contributed by atoms with Gasteiger partial charge >= 0.3 is 5.97 Å². The van der Waals surface area contributed by atoms with Crippen molar-refractivity contribution in [3.05, 3.63) is 17.5 Å². The standard InChI is InChI=1S/C11H18N2O4S/c1-7-9(10(14)15)8(5-12-7)13-18(16,17)6-11(2,3)4/h5,12-13H,6H2,1-4H3,(H,14,15).